The van der Waals surface area contributed by atoms with Gasteiger partial charge < -0.3 is 0 Å². The Balaban J connectivity index is 2.96. The van der Waals surface area contributed by atoms with Crippen LogP contribution in [0.15, 0.2) is 18.2 Å². The van der Waals surface area contributed by atoms with Crippen molar-refractivity contribution < 1.29 is 8.78 Å². The molecular formula is C8H7F2. The highest BCUT2D eigenvalue weighted by atomic mass is 19.3. The highest BCUT2D eigenvalue weighted by Crippen LogP contribution is 2.18. The van der Waals surface area contributed by atoms with E-state index in [2.05, 4.69) is 6.07 Å². The summed E-state index contributed by atoms with van der Waals surface area (Å²) in [6.07, 6.45) is -2.38. The van der Waals surface area contributed by atoms with Crippen molar-refractivity contribution in [1.82, 2.24) is 0 Å². The molecule has 0 atom stereocenters. The largest absolute Gasteiger partial charge is 0.263 e. The molecule has 0 aromatic heterocycles. The maximum absolute atomic E-state index is 11.9. The van der Waals surface area contributed by atoms with E-state index in [4.69, 9.17) is 0 Å². The molecule has 0 aliphatic heterocycles. The van der Waals surface area contributed by atoms with E-state index in [9.17, 15) is 8.78 Å². The highest BCUT2D eigenvalue weighted by molar-refractivity contribution is 5.21. The van der Waals surface area contributed by atoms with Crippen LogP contribution in [0.5, 0.6) is 0 Å². The number of alkyl halides is 2. The Morgan fingerprint density at radius 3 is 2.50 bits per heavy atom. The van der Waals surface area contributed by atoms with Crippen molar-refractivity contribution in [3.8, 4) is 0 Å². The van der Waals surface area contributed by atoms with Crippen LogP contribution in [-0.2, 0) is 0 Å². The van der Waals surface area contributed by atoms with Crippen LogP contribution in [-0.4, -0.2) is 0 Å². The zero-order chi connectivity index (χ0) is 7.56. The highest BCUT2D eigenvalue weighted by Gasteiger charge is 2.04. The molecule has 0 aliphatic carbocycles. The van der Waals surface area contributed by atoms with Crippen LogP contribution < -0.4 is 0 Å². The molecule has 0 aliphatic rings. The Kier molecular flexibility index (Phi) is 2.00. The van der Waals surface area contributed by atoms with E-state index in [0.717, 1.165) is 5.56 Å². The van der Waals surface area contributed by atoms with Gasteiger partial charge >= 0.3 is 0 Å². The van der Waals surface area contributed by atoms with Crippen molar-refractivity contribution in [2.24, 2.45) is 0 Å². The van der Waals surface area contributed by atoms with Crippen LogP contribution >= 0.6 is 0 Å². The molecule has 1 aromatic rings. The van der Waals surface area contributed by atoms with Gasteiger partial charge in [0.2, 0.25) is 0 Å². The van der Waals surface area contributed by atoms with E-state index in [1.807, 2.05) is 0 Å². The number of hydrogen-bond acceptors (Lipinski definition) is 0. The van der Waals surface area contributed by atoms with E-state index in [1.165, 1.54) is 12.1 Å². The molecule has 2 heteroatoms. The molecule has 0 unspecified atom stereocenters. The first-order valence-electron chi connectivity index (χ1n) is 2.96. The van der Waals surface area contributed by atoms with Crippen LogP contribution in [0.3, 0.4) is 0 Å². The molecule has 0 spiro atoms. The third-order valence-electron chi connectivity index (χ3n) is 1.21. The Morgan fingerprint density at radius 2 is 2.10 bits per heavy atom. The lowest BCUT2D eigenvalue weighted by Gasteiger charge is -1.98. The summed E-state index contributed by atoms with van der Waals surface area (Å²) in [4.78, 5) is 0. The summed E-state index contributed by atoms with van der Waals surface area (Å²) in [6.45, 7) is 1.77. The lowest BCUT2D eigenvalue weighted by atomic mass is 10.1. The third-order valence-corrected chi connectivity index (χ3v) is 1.21. The first-order valence-corrected chi connectivity index (χ1v) is 2.96. The number of benzene rings is 1. The minimum atomic E-state index is -2.38. The normalized spacial score (nSPS) is 10.4. The molecule has 0 saturated heterocycles. The van der Waals surface area contributed by atoms with Gasteiger partial charge in [-0.05, 0) is 19.1 Å². The van der Waals surface area contributed by atoms with Crippen molar-refractivity contribution in [3.63, 3.8) is 0 Å². The van der Waals surface area contributed by atoms with Gasteiger partial charge in [0.15, 0.2) is 0 Å². The number of hydrogen-bond donors (Lipinski definition) is 0. The van der Waals surface area contributed by atoms with Crippen LogP contribution in [0.4, 0.5) is 8.78 Å². The Hall–Kier alpha value is -0.920. The number of halogens is 2. The zero-order valence-corrected chi connectivity index (χ0v) is 5.57. The molecular weight excluding hydrogens is 134 g/mol. The maximum Gasteiger partial charge on any atom is 0.263 e. The number of rotatable bonds is 1. The average Bonchev–Trinajstić information content (AvgIpc) is 1.88. The summed E-state index contributed by atoms with van der Waals surface area (Å²) in [5, 5.41) is 0. The fourth-order valence-electron chi connectivity index (χ4n) is 0.742. The van der Waals surface area contributed by atoms with Crippen LogP contribution in [0.2, 0.25) is 0 Å². The van der Waals surface area contributed by atoms with Gasteiger partial charge in [0, 0.05) is 5.56 Å². The average molecular weight is 141 g/mol. The maximum atomic E-state index is 11.9. The summed E-state index contributed by atoms with van der Waals surface area (Å²) in [7, 11) is 0. The summed E-state index contributed by atoms with van der Waals surface area (Å²) >= 11 is 0. The minimum absolute atomic E-state index is 0.0417. The van der Waals surface area contributed by atoms with Gasteiger partial charge in [0.1, 0.15) is 0 Å². The fourth-order valence-corrected chi connectivity index (χ4v) is 0.742. The Labute approximate surface area is 58.5 Å². The summed E-state index contributed by atoms with van der Waals surface area (Å²) in [6, 6.07) is 7.07. The molecule has 53 valence electrons. The molecule has 0 bridgehead atoms. The van der Waals surface area contributed by atoms with Crippen molar-refractivity contribution in [2.75, 3.05) is 0 Å². The smallest absolute Gasteiger partial charge is 0.205 e. The quantitative estimate of drug-likeness (QED) is 0.564. The molecule has 1 aromatic carbocycles. The van der Waals surface area contributed by atoms with E-state index in [0.29, 0.717) is 0 Å². The molecule has 1 rings (SSSR count). The molecule has 1 radical (unpaired) electrons. The van der Waals surface area contributed by atoms with Crippen molar-refractivity contribution in [3.05, 3.63) is 35.4 Å². The van der Waals surface area contributed by atoms with E-state index in [1.54, 1.807) is 13.0 Å². The van der Waals surface area contributed by atoms with Gasteiger partial charge in [-0.25, -0.2) is 8.78 Å². The van der Waals surface area contributed by atoms with Crippen LogP contribution in [0.25, 0.3) is 0 Å². The minimum Gasteiger partial charge on any atom is -0.205 e. The lowest BCUT2D eigenvalue weighted by molar-refractivity contribution is 0.151. The first kappa shape index (κ1) is 7.19. The zero-order valence-electron chi connectivity index (χ0n) is 5.57. The predicted molar refractivity (Wildman–Crippen MR) is 35.0 cm³/mol. The van der Waals surface area contributed by atoms with Gasteiger partial charge in [-0.3, -0.25) is 0 Å². The lowest BCUT2D eigenvalue weighted by Crippen LogP contribution is -1.83. The van der Waals surface area contributed by atoms with Gasteiger partial charge in [-0.2, -0.15) is 0 Å². The van der Waals surface area contributed by atoms with Gasteiger partial charge in [0.05, 0.1) is 0 Å². The molecule has 0 saturated carbocycles. The molecule has 0 heterocycles. The molecule has 0 N–H and O–H groups in total. The van der Waals surface area contributed by atoms with E-state index >= 15 is 0 Å². The SMILES string of the molecule is Cc1c[c]cc(C(F)F)c1. The second-order valence-corrected chi connectivity index (χ2v) is 2.14. The Morgan fingerprint density at radius 1 is 1.40 bits per heavy atom. The molecule has 0 amide bonds. The van der Waals surface area contributed by atoms with E-state index < -0.39 is 6.43 Å². The van der Waals surface area contributed by atoms with Crippen molar-refractivity contribution in [2.45, 2.75) is 13.3 Å². The third kappa shape index (κ3) is 1.53. The predicted octanol–water partition coefficient (Wildman–Crippen LogP) is 2.73. The first-order chi connectivity index (χ1) is 4.70. The fraction of sp³-hybridized carbons (Fsp3) is 0.250. The van der Waals surface area contributed by atoms with Crippen molar-refractivity contribution >= 4 is 0 Å². The standard InChI is InChI=1S/C8H7F2/c1-6-3-2-4-7(5-6)8(9)10/h3-5,8H,1H3. The monoisotopic (exact) mass is 141 g/mol. The molecule has 0 fully saturated rings. The summed E-state index contributed by atoms with van der Waals surface area (Å²) < 4.78 is 23.9. The van der Waals surface area contributed by atoms with E-state index in [-0.39, 0.29) is 5.56 Å². The second kappa shape index (κ2) is 2.78. The topological polar surface area (TPSA) is 0 Å². The van der Waals surface area contributed by atoms with Crippen LogP contribution in [0, 0.1) is 13.0 Å². The van der Waals surface area contributed by atoms with Crippen LogP contribution in [0.1, 0.15) is 17.6 Å². The summed E-state index contributed by atoms with van der Waals surface area (Å²) in [5.74, 6) is 0. The van der Waals surface area contributed by atoms with Gasteiger partial charge in [-0.15, -0.1) is 0 Å². The summed E-state index contributed by atoms with van der Waals surface area (Å²) in [5.41, 5.74) is 0.859. The second-order valence-electron chi connectivity index (χ2n) is 2.14. The Bertz CT molecular complexity index is 218. The number of aryl methyl sites for hydroxylation is 1. The van der Waals surface area contributed by atoms with Gasteiger partial charge in [0.25, 0.3) is 6.43 Å². The molecule has 0 nitrogen and oxygen atoms in total. The molecule has 10 heavy (non-hydrogen) atoms. The van der Waals surface area contributed by atoms with Gasteiger partial charge in [-0.1, -0.05) is 17.7 Å². The van der Waals surface area contributed by atoms with Crippen molar-refractivity contribution in [1.29, 1.82) is 0 Å².